The molecule has 1 aliphatic carbocycles. The molecule has 2 heteroatoms. The van der Waals surface area contributed by atoms with Crippen molar-refractivity contribution in [3.05, 3.63) is 0 Å². The van der Waals surface area contributed by atoms with Crippen LogP contribution in [0.25, 0.3) is 0 Å². The van der Waals surface area contributed by atoms with E-state index in [2.05, 4.69) is 24.5 Å². The first-order valence-corrected chi connectivity index (χ1v) is 6.74. The Morgan fingerprint density at radius 1 is 1.27 bits per heavy atom. The highest BCUT2D eigenvalue weighted by Crippen LogP contribution is 2.35. The minimum Gasteiger partial charge on any atom is -0.315 e. The maximum atomic E-state index is 3.72. The van der Waals surface area contributed by atoms with E-state index in [0.717, 1.165) is 17.9 Å². The molecule has 0 amide bonds. The van der Waals surface area contributed by atoms with Gasteiger partial charge in [-0.15, -0.1) is 0 Å². The van der Waals surface area contributed by atoms with Crippen LogP contribution < -0.4 is 10.6 Å². The van der Waals surface area contributed by atoms with Crippen LogP contribution in [0.5, 0.6) is 0 Å². The Morgan fingerprint density at radius 2 is 2.07 bits per heavy atom. The number of hydrogen-bond acceptors (Lipinski definition) is 2. The van der Waals surface area contributed by atoms with E-state index < -0.39 is 0 Å². The highest BCUT2D eigenvalue weighted by Gasteiger charge is 2.36. The lowest BCUT2D eigenvalue weighted by molar-refractivity contribution is 0.263. The maximum Gasteiger partial charge on any atom is 0.00985 e. The van der Waals surface area contributed by atoms with Crippen LogP contribution in [-0.2, 0) is 0 Å². The van der Waals surface area contributed by atoms with Crippen molar-refractivity contribution >= 4 is 0 Å². The van der Waals surface area contributed by atoms with Gasteiger partial charge in [0.1, 0.15) is 0 Å². The fourth-order valence-corrected chi connectivity index (χ4v) is 3.30. The number of fused-ring (bicyclic) bond motifs is 1. The highest BCUT2D eigenvalue weighted by molar-refractivity contribution is 4.92. The largest absolute Gasteiger partial charge is 0.315 e. The quantitative estimate of drug-likeness (QED) is 0.743. The van der Waals surface area contributed by atoms with Gasteiger partial charge in [0, 0.05) is 12.1 Å². The molecule has 0 bridgehead atoms. The molecule has 1 aliphatic heterocycles. The van der Waals surface area contributed by atoms with E-state index in [4.69, 9.17) is 0 Å². The molecule has 2 aliphatic rings. The third-order valence-corrected chi connectivity index (χ3v) is 4.13. The van der Waals surface area contributed by atoms with Crippen molar-refractivity contribution in [2.24, 2.45) is 11.8 Å². The van der Waals surface area contributed by atoms with Gasteiger partial charge in [0.25, 0.3) is 0 Å². The molecule has 0 aromatic heterocycles. The van der Waals surface area contributed by atoms with Crippen molar-refractivity contribution in [2.75, 3.05) is 13.1 Å². The lowest BCUT2D eigenvalue weighted by Gasteiger charge is -2.28. The standard InChI is InChI=1S/C13H26N2/c1-10(2)14-8-7-11-9-15-13-6-4-3-5-12(11)13/h10-15H,3-9H2,1-2H3. The molecule has 0 aromatic rings. The van der Waals surface area contributed by atoms with Crippen LogP contribution in [-0.4, -0.2) is 25.2 Å². The first-order valence-electron chi connectivity index (χ1n) is 6.74. The number of hydrogen-bond donors (Lipinski definition) is 2. The predicted octanol–water partition coefficient (Wildman–Crippen LogP) is 2.15. The minimum absolute atomic E-state index is 0.640. The van der Waals surface area contributed by atoms with E-state index in [9.17, 15) is 0 Å². The minimum atomic E-state index is 0.640. The van der Waals surface area contributed by atoms with E-state index in [1.807, 2.05) is 0 Å². The Kier molecular flexibility index (Phi) is 4.04. The summed E-state index contributed by atoms with van der Waals surface area (Å²) in [5, 5.41) is 7.26. The Bertz CT molecular complexity index is 191. The van der Waals surface area contributed by atoms with E-state index >= 15 is 0 Å². The molecule has 0 aromatic carbocycles. The lowest BCUT2D eigenvalue weighted by Crippen LogP contribution is -2.31. The van der Waals surface area contributed by atoms with Gasteiger partial charge in [-0.05, 0) is 44.2 Å². The Hall–Kier alpha value is -0.0800. The Labute approximate surface area is 94.2 Å². The van der Waals surface area contributed by atoms with E-state index in [0.29, 0.717) is 6.04 Å². The summed E-state index contributed by atoms with van der Waals surface area (Å²) in [6, 6.07) is 1.50. The van der Waals surface area contributed by atoms with Gasteiger partial charge in [-0.25, -0.2) is 0 Å². The Balaban J connectivity index is 1.73. The summed E-state index contributed by atoms with van der Waals surface area (Å²) >= 11 is 0. The van der Waals surface area contributed by atoms with Crippen molar-refractivity contribution < 1.29 is 0 Å². The topological polar surface area (TPSA) is 24.1 Å². The molecule has 3 unspecified atom stereocenters. The fraction of sp³-hybridized carbons (Fsp3) is 1.00. The summed E-state index contributed by atoms with van der Waals surface area (Å²) in [5.74, 6) is 1.94. The Morgan fingerprint density at radius 3 is 2.87 bits per heavy atom. The van der Waals surface area contributed by atoms with Crippen molar-refractivity contribution in [3.8, 4) is 0 Å². The van der Waals surface area contributed by atoms with Gasteiger partial charge in [-0.3, -0.25) is 0 Å². The normalized spacial score (nSPS) is 35.8. The second kappa shape index (κ2) is 5.31. The number of nitrogens with one attached hydrogen (secondary N) is 2. The summed E-state index contributed by atoms with van der Waals surface area (Å²) < 4.78 is 0. The number of rotatable bonds is 4. The van der Waals surface area contributed by atoms with Crippen LogP contribution in [0, 0.1) is 11.8 Å². The molecule has 3 atom stereocenters. The average molecular weight is 210 g/mol. The molecule has 2 nitrogen and oxygen atoms in total. The molecular weight excluding hydrogens is 184 g/mol. The molecule has 1 saturated carbocycles. The molecule has 1 heterocycles. The summed E-state index contributed by atoms with van der Waals surface area (Å²) in [5.41, 5.74) is 0. The maximum absolute atomic E-state index is 3.72. The molecule has 2 fully saturated rings. The molecule has 2 N–H and O–H groups in total. The first-order chi connectivity index (χ1) is 7.27. The summed E-state index contributed by atoms with van der Waals surface area (Å²) in [6.07, 6.45) is 7.19. The molecule has 0 spiro atoms. The van der Waals surface area contributed by atoms with Gasteiger partial charge in [-0.1, -0.05) is 26.7 Å². The molecule has 15 heavy (non-hydrogen) atoms. The summed E-state index contributed by atoms with van der Waals surface area (Å²) in [6.45, 7) is 6.94. The average Bonchev–Trinajstić information content (AvgIpc) is 2.62. The van der Waals surface area contributed by atoms with Crippen molar-refractivity contribution in [1.29, 1.82) is 0 Å². The predicted molar refractivity (Wildman–Crippen MR) is 65.0 cm³/mol. The summed E-state index contributed by atoms with van der Waals surface area (Å²) in [4.78, 5) is 0. The summed E-state index contributed by atoms with van der Waals surface area (Å²) in [7, 11) is 0. The van der Waals surface area contributed by atoms with Crippen LogP contribution in [0.3, 0.4) is 0 Å². The third kappa shape index (κ3) is 2.94. The smallest absolute Gasteiger partial charge is 0.00985 e. The first kappa shape index (κ1) is 11.4. The molecule has 1 saturated heterocycles. The van der Waals surface area contributed by atoms with Gasteiger partial charge in [0.05, 0.1) is 0 Å². The molecule has 88 valence electrons. The van der Waals surface area contributed by atoms with E-state index in [1.165, 1.54) is 45.2 Å². The molecule has 0 radical (unpaired) electrons. The van der Waals surface area contributed by atoms with Gasteiger partial charge in [0.2, 0.25) is 0 Å². The highest BCUT2D eigenvalue weighted by atomic mass is 15.0. The third-order valence-electron chi connectivity index (χ3n) is 4.13. The lowest BCUT2D eigenvalue weighted by atomic mass is 9.79. The zero-order valence-corrected chi connectivity index (χ0v) is 10.3. The van der Waals surface area contributed by atoms with Crippen LogP contribution in [0.2, 0.25) is 0 Å². The van der Waals surface area contributed by atoms with Crippen LogP contribution >= 0.6 is 0 Å². The molecular formula is C13H26N2. The van der Waals surface area contributed by atoms with Gasteiger partial charge < -0.3 is 10.6 Å². The monoisotopic (exact) mass is 210 g/mol. The van der Waals surface area contributed by atoms with Crippen LogP contribution in [0.4, 0.5) is 0 Å². The van der Waals surface area contributed by atoms with Crippen molar-refractivity contribution in [2.45, 2.75) is 58.0 Å². The van der Waals surface area contributed by atoms with Crippen LogP contribution in [0.15, 0.2) is 0 Å². The van der Waals surface area contributed by atoms with Crippen molar-refractivity contribution in [3.63, 3.8) is 0 Å². The molecule has 2 rings (SSSR count). The zero-order valence-electron chi connectivity index (χ0n) is 10.3. The second-order valence-corrected chi connectivity index (χ2v) is 5.62. The second-order valence-electron chi connectivity index (χ2n) is 5.62. The fourth-order valence-electron chi connectivity index (χ4n) is 3.30. The zero-order chi connectivity index (χ0) is 10.7. The van der Waals surface area contributed by atoms with Gasteiger partial charge in [-0.2, -0.15) is 0 Å². The van der Waals surface area contributed by atoms with E-state index in [-0.39, 0.29) is 0 Å². The van der Waals surface area contributed by atoms with E-state index in [1.54, 1.807) is 0 Å². The van der Waals surface area contributed by atoms with Gasteiger partial charge in [0.15, 0.2) is 0 Å². The van der Waals surface area contributed by atoms with Gasteiger partial charge >= 0.3 is 0 Å². The van der Waals surface area contributed by atoms with Crippen LogP contribution in [0.1, 0.15) is 46.0 Å². The van der Waals surface area contributed by atoms with Crippen molar-refractivity contribution in [1.82, 2.24) is 10.6 Å². The SMILES string of the molecule is CC(C)NCCC1CNC2CCCCC12.